The predicted molar refractivity (Wildman–Crippen MR) is 249 cm³/mol. The van der Waals surface area contributed by atoms with Crippen LogP contribution in [0.2, 0.25) is 0 Å². The maximum atomic E-state index is 11.8. The van der Waals surface area contributed by atoms with E-state index in [0.717, 1.165) is 56.2 Å². The van der Waals surface area contributed by atoms with Gasteiger partial charge in [0, 0.05) is 35.5 Å². The number of nitrogens with one attached hydrogen (secondary N) is 1. The molecular formula is C50H71NO10S2. The van der Waals surface area contributed by atoms with Crippen LogP contribution in [0.1, 0.15) is 119 Å². The first kappa shape index (κ1) is 48.1. The summed E-state index contributed by atoms with van der Waals surface area (Å²) in [6.45, 7) is 2.73. The Hall–Kier alpha value is -2.80. The second-order valence-electron chi connectivity index (χ2n) is 19.1. The standard InChI is InChI=1S/C50H71NO10S2/c1-32-9-7-15-49(28-32)16-8-19-50(17-5-4-6-18-50)51-29-35-11-13-37(25-40(35)49)61-44-24-34-10-12-36(60-31-53)26-41(54)39(21-33-22-45(58-2)48(57)46(23-33)59-3)43(56)30-62-63-47(14-20-52)38(34)27-42(44)55/h7,15,22-24,27,32,35-37,39-41,43,47,51-57H,4-6,9-14,17-21,25-26,28-31H2,1-3H3/t32-,35-,36-,37+,39-,40+,41+,43-,47-,49+/m0/s1. The van der Waals surface area contributed by atoms with Crippen LogP contribution in [0, 0.1) is 40.9 Å². The molecule has 0 bridgehead atoms. The zero-order valence-corrected chi connectivity index (χ0v) is 39.1. The first-order valence-corrected chi connectivity index (χ1v) is 25.7. The zero-order valence-electron chi connectivity index (χ0n) is 37.4. The summed E-state index contributed by atoms with van der Waals surface area (Å²) in [5.74, 6) is 9.47. The molecule has 63 heavy (non-hydrogen) atoms. The molecule has 7 rings (SSSR count). The maximum absolute atomic E-state index is 11.8. The summed E-state index contributed by atoms with van der Waals surface area (Å²) >= 11 is 0. The number of phenols is 2. The van der Waals surface area contributed by atoms with Gasteiger partial charge in [-0.25, -0.2) is 0 Å². The zero-order chi connectivity index (χ0) is 44.6. The summed E-state index contributed by atoms with van der Waals surface area (Å²) in [5.41, 5.74) is 2.43. The molecule has 2 fully saturated rings. The van der Waals surface area contributed by atoms with Crippen LogP contribution in [0.4, 0.5) is 0 Å². The SMILES string of the molecule is COc1cc(C[C@H]2[C@H](O)C[C@@H](OCO)CCc3cc(O[C@@H]4CC[C@H]5CNC6(CC#C[C@@]7(C=CC[C@H](C)C7)[C@@H]5C4)CCCCC6)c(O)cc3[C@H](CCO)SSC[C@@H]2O)cc(OC)c1O. The number of benzene rings is 2. The summed E-state index contributed by atoms with van der Waals surface area (Å²) in [4.78, 5) is 0. The van der Waals surface area contributed by atoms with Crippen molar-refractivity contribution in [3.05, 3.63) is 53.1 Å². The number of hydrogen-bond acceptors (Lipinski definition) is 13. The average molecular weight is 910 g/mol. The summed E-state index contributed by atoms with van der Waals surface area (Å²) < 4.78 is 23.5. The first-order valence-electron chi connectivity index (χ1n) is 23.4. The van der Waals surface area contributed by atoms with Crippen LogP contribution in [-0.2, 0) is 17.6 Å². The Morgan fingerprint density at radius 2 is 1.68 bits per heavy atom. The summed E-state index contributed by atoms with van der Waals surface area (Å²) in [7, 11) is 5.90. The number of methoxy groups -OCH3 is 2. The molecule has 2 spiro atoms. The number of rotatable bonds is 10. The van der Waals surface area contributed by atoms with Crippen LogP contribution in [0.5, 0.6) is 28.7 Å². The van der Waals surface area contributed by atoms with Crippen molar-refractivity contribution in [2.75, 3.05) is 39.9 Å². The van der Waals surface area contributed by atoms with E-state index >= 15 is 0 Å². The molecule has 0 radical (unpaired) electrons. The fraction of sp³-hybridized carbons (Fsp3) is 0.680. The van der Waals surface area contributed by atoms with E-state index in [0.29, 0.717) is 48.3 Å². The average Bonchev–Trinajstić information content (AvgIpc) is 3.33. The van der Waals surface area contributed by atoms with Gasteiger partial charge in [-0.05, 0) is 142 Å². The molecule has 2 saturated carbocycles. The van der Waals surface area contributed by atoms with Crippen LogP contribution < -0.4 is 19.5 Å². The largest absolute Gasteiger partial charge is 0.504 e. The number of hydrogen-bond donors (Lipinski definition) is 7. The van der Waals surface area contributed by atoms with Crippen molar-refractivity contribution < 1.29 is 49.6 Å². The molecule has 2 aromatic carbocycles. The highest BCUT2D eigenvalue weighted by Gasteiger charge is 2.47. The number of aromatic hydroxyl groups is 2. The third kappa shape index (κ3) is 11.6. The molecule has 348 valence electrons. The van der Waals surface area contributed by atoms with E-state index in [4.69, 9.17) is 18.9 Å². The number of phenolic OH excluding ortho intramolecular Hbond substituents is 2. The Kier molecular flexibility index (Phi) is 16.9. The quantitative estimate of drug-likeness (QED) is 0.0530. The van der Waals surface area contributed by atoms with Gasteiger partial charge in [0.05, 0.1) is 44.1 Å². The van der Waals surface area contributed by atoms with E-state index in [1.807, 2.05) is 6.07 Å². The van der Waals surface area contributed by atoms with E-state index in [2.05, 4.69) is 36.2 Å². The molecule has 2 aliphatic heterocycles. The van der Waals surface area contributed by atoms with Gasteiger partial charge < -0.3 is 54.9 Å². The Balaban J connectivity index is 1.14. The minimum absolute atomic E-state index is 0.0585. The summed E-state index contributed by atoms with van der Waals surface area (Å²) in [5, 5.41) is 69.9. The lowest BCUT2D eigenvalue weighted by molar-refractivity contribution is -0.0808. The summed E-state index contributed by atoms with van der Waals surface area (Å²) in [6, 6.07) is 7.10. The van der Waals surface area contributed by atoms with Crippen molar-refractivity contribution in [3.63, 3.8) is 0 Å². The normalized spacial score (nSPS) is 32.5. The molecule has 0 saturated heterocycles. The highest BCUT2D eigenvalue weighted by Crippen LogP contribution is 2.52. The molecule has 10 atom stereocenters. The van der Waals surface area contributed by atoms with Gasteiger partial charge in [-0.2, -0.15) is 0 Å². The van der Waals surface area contributed by atoms with Gasteiger partial charge in [0.15, 0.2) is 23.0 Å². The minimum atomic E-state index is -1.01. The van der Waals surface area contributed by atoms with Gasteiger partial charge in [-0.15, -0.1) is 5.92 Å². The van der Waals surface area contributed by atoms with Gasteiger partial charge >= 0.3 is 0 Å². The number of aliphatic hydroxyl groups is 4. The van der Waals surface area contributed by atoms with E-state index in [1.54, 1.807) is 18.2 Å². The van der Waals surface area contributed by atoms with Crippen molar-refractivity contribution >= 4 is 21.6 Å². The van der Waals surface area contributed by atoms with Crippen LogP contribution in [0.3, 0.4) is 0 Å². The van der Waals surface area contributed by atoms with Gasteiger partial charge in [-0.1, -0.05) is 65.8 Å². The lowest BCUT2D eigenvalue weighted by atomic mass is 9.59. The van der Waals surface area contributed by atoms with Crippen molar-refractivity contribution in [1.82, 2.24) is 5.32 Å². The highest BCUT2D eigenvalue weighted by atomic mass is 33.1. The van der Waals surface area contributed by atoms with Crippen molar-refractivity contribution in [2.24, 2.45) is 29.1 Å². The second kappa shape index (κ2) is 22.1. The van der Waals surface area contributed by atoms with Gasteiger partial charge in [-0.3, -0.25) is 0 Å². The Labute approximate surface area is 382 Å². The maximum Gasteiger partial charge on any atom is 0.200 e. The van der Waals surface area contributed by atoms with Crippen LogP contribution >= 0.6 is 21.6 Å². The van der Waals surface area contributed by atoms with Crippen LogP contribution in [0.25, 0.3) is 0 Å². The van der Waals surface area contributed by atoms with Crippen LogP contribution in [0.15, 0.2) is 36.4 Å². The van der Waals surface area contributed by atoms with Gasteiger partial charge in [0.1, 0.15) is 6.79 Å². The minimum Gasteiger partial charge on any atom is -0.504 e. The van der Waals surface area contributed by atoms with Crippen LogP contribution in [-0.4, -0.2) is 101 Å². The smallest absolute Gasteiger partial charge is 0.200 e. The Morgan fingerprint density at radius 1 is 0.905 bits per heavy atom. The predicted octanol–water partition coefficient (Wildman–Crippen LogP) is 8.01. The lowest BCUT2D eigenvalue weighted by Gasteiger charge is -2.47. The molecule has 2 aromatic rings. The molecular weight excluding hydrogens is 839 g/mol. The van der Waals surface area contributed by atoms with Crippen molar-refractivity contribution in [3.8, 4) is 40.6 Å². The fourth-order valence-corrected chi connectivity index (χ4v) is 14.3. The molecule has 5 aliphatic rings. The monoisotopic (exact) mass is 909 g/mol. The highest BCUT2D eigenvalue weighted by molar-refractivity contribution is 8.76. The van der Waals surface area contributed by atoms with E-state index in [1.165, 1.54) is 67.9 Å². The molecule has 13 heteroatoms. The third-order valence-electron chi connectivity index (χ3n) is 14.8. The molecule has 3 aliphatic carbocycles. The molecule has 0 aromatic heterocycles. The van der Waals surface area contributed by atoms with Gasteiger partial charge in [0.25, 0.3) is 0 Å². The molecule has 0 amide bonds. The topological polar surface area (TPSA) is 170 Å². The summed E-state index contributed by atoms with van der Waals surface area (Å²) in [6.07, 6.45) is 15.9. The Bertz CT molecular complexity index is 1890. The number of ether oxygens (including phenoxy) is 4. The second-order valence-corrected chi connectivity index (χ2v) is 21.7. The van der Waals surface area contributed by atoms with E-state index in [-0.39, 0.29) is 70.5 Å². The molecule has 0 unspecified atom stereocenters. The van der Waals surface area contributed by atoms with E-state index < -0.39 is 31.0 Å². The third-order valence-corrected chi connectivity index (χ3v) is 17.6. The van der Waals surface area contributed by atoms with Crippen molar-refractivity contribution in [1.29, 1.82) is 0 Å². The lowest BCUT2D eigenvalue weighted by Crippen LogP contribution is -2.51. The van der Waals surface area contributed by atoms with Gasteiger partial charge in [0.2, 0.25) is 5.75 Å². The number of aryl methyl sites for hydroxylation is 1. The molecule has 11 nitrogen and oxygen atoms in total. The number of aliphatic hydroxyl groups excluding tert-OH is 4. The van der Waals surface area contributed by atoms with E-state index in [9.17, 15) is 30.6 Å². The first-order chi connectivity index (χ1) is 30.5. The molecule has 2 heterocycles. The number of fused-ring (bicyclic) bond motifs is 3. The Morgan fingerprint density at radius 3 is 2.40 bits per heavy atom. The van der Waals surface area contributed by atoms with Crippen molar-refractivity contribution in [2.45, 2.75) is 145 Å². The molecule has 7 N–H and O–H groups in total. The fourth-order valence-electron chi connectivity index (χ4n) is 11.4. The number of allylic oxidation sites excluding steroid dienone is 2.